The Hall–Kier alpha value is -1.62. The third-order valence-electron chi connectivity index (χ3n) is 3.06. The third kappa shape index (κ3) is 3.23. The number of halogens is 1. The first-order valence-corrected chi connectivity index (χ1v) is 6.92. The number of benzene rings is 1. The van der Waals surface area contributed by atoms with Crippen molar-refractivity contribution in [2.24, 2.45) is 0 Å². The molecule has 0 saturated heterocycles. The minimum Gasteiger partial charge on any atom is -0.352 e. The molecule has 2 N–H and O–H groups in total. The van der Waals surface area contributed by atoms with Crippen molar-refractivity contribution in [2.75, 3.05) is 6.54 Å². The summed E-state index contributed by atoms with van der Waals surface area (Å²) in [5.41, 5.74) is 3.89. The van der Waals surface area contributed by atoms with Gasteiger partial charge in [-0.25, -0.2) is 0 Å². The van der Waals surface area contributed by atoms with E-state index in [-0.39, 0.29) is 5.91 Å². The maximum absolute atomic E-state index is 12.0. The van der Waals surface area contributed by atoms with E-state index in [1.54, 1.807) is 6.07 Å². The molecule has 19 heavy (non-hydrogen) atoms. The zero-order valence-corrected chi connectivity index (χ0v) is 12.5. The Morgan fingerprint density at radius 3 is 2.74 bits per heavy atom. The summed E-state index contributed by atoms with van der Waals surface area (Å²) >= 11 is 3.37. The Bertz CT molecular complexity index is 573. The molecule has 0 unspecified atom stereocenters. The van der Waals surface area contributed by atoms with Crippen molar-refractivity contribution in [2.45, 2.75) is 20.3 Å². The van der Waals surface area contributed by atoms with Crippen molar-refractivity contribution < 1.29 is 4.79 Å². The van der Waals surface area contributed by atoms with Crippen molar-refractivity contribution in [1.29, 1.82) is 0 Å². The van der Waals surface area contributed by atoms with Crippen LogP contribution in [0.25, 0.3) is 0 Å². The second-order valence-corrected chi connectivity index (χ2v) is 5.25. The predicted octanol–water partition coefficient (Wildman–Crippen LogP) is 2.76. The highest BCUT2D eigenvalue weighted by Crippen LogP contribution is 2.15. The molecule has 0 atom stereocenters. The second-order valence-electron chi connectivity index (χ2n) is 4.40. The molecule has 0 radical (unpaired) electrons. The Morgan fingerprint density at radius 1 is 1.37 bits per heavy atom. The number of aromatic amines is 1. The smallest absolute Gasteiger partial charge is 0.252 e. The fourth-order valence-corrected chi connectivity index (χ4v) is 2.45. The monoisotopic (exact) mass is 321 g/mol. The summed E-state index contributed by atoms with van der Waals surface area (Å²) in [6.07, 6.45) is 0.782. The number of rotatable bonds is 4. The lowest BCUT2D eigenvalue weighted by molar-refractivity contribution is 0.0953. The molecule has 0 aliphatic rings. The summed E-state index contributed by atoms with van der Waals surface area (Å²) in [5.74, 6) is -0.0636. The number of amides is 1. The van der Waals surface area contributed by atoms with Crippen LogP contribution in [0.4, 0.5) is 0 Å². The minimum atomic E-state index is -0.0636. The van der Waals surface area contributed by atoms with E-state index in [4.69, 9.17) is 0 Å². The summed E-state index contributed by atoms with van der Waals surface area (Å²) in [4.78, 5) is 12.0. The van der Waals surface area contributed by atoms with E-state index in [0.717, 1.165) is 22.3 Å². The molecule has 1 heterocycles. The number of nitrogens with one attached hydrogen (secondary N) is 2. The number of carbonyl (C=O) groups excluding carboxylic acids is 1. The van der Waals surface area contributed by atoms with Crippen molar-refractivity contribution >= 4 is 21.8 Å². The van der Waals surface area contributed by atoms with Gasteiger partial charge < -0.3 is 5.32 Å². The van der Waals surface area contributed by atoms with Crippen LogP contribution in [0.5, 0.6) is 0 Å². The normalized spacial score (nSPS) is 10.5. The van der Waals surface area contributed by atoms with Gasteiger partial charge in [-0.2, -0.15) is 5.10 Å². The summed E-state index contributed by atoms with van der Waals surface area (Å²) in [7, 11) is 0. The van der Waals surface area contributed by atoms with Crippen LogP contribution in [0.2, 0.25) is 0 Å². The van der Waals surface area contributed by atoms with E-state index >= 15 is 0 Å². The van der Waals surface area contributed by atoms with Crippen LogP contribution in [-0.4, -0.2) is 22.6 Å². The topological polar surface area (TPSA) is 57.8 Å². The van der Waals surface area contributed by atoms with Crippen molar-refractivity contribution in [3.8, 4) is 0 Å². The molecular weight excluding hydrogens is 306 g/mol. The molecule has 0 aliphatic heterocycles. The maximum Gasteiger partial charge on any atom is 0.252 e. The van der Waals surface area contributed by atoms with Crippen LogP contribution < -0.4 is 5.32 Å². The Morgan fingerprint density at radius 2 is 2.11 bits per heavy atom. The molecule has 1 amide bonds. The molecule has 100 valence electrons. The number of aromatic nitrogens is 2. The molecule has 1 aromatic heterocycles. The summed E-state index contributed by atoms with van der Waals surface area (Å²) in [6, 6.07) is 7.40. The van der Waals surface area contributed by atoms with Gasteiger partial charge in [-0.1, -0.05) is 12.1 Å². The Kier molecular flexibility index (Phi) is 4.37. The van der Waals surface area contributed by atoms with Crippen LogP contribution >= 0.6 is 15.9 Å². The lowest BCUT2D eigenvalue weighted by Crippen LogP contribution is -2.26. The van der Waals surface area contributed by atoms with E-state index in [9.17, 15) is 4.79 Å². The van der Waals surface area contributed by atoms with E-state index < -0.39 is 0 Å². The summed E-state index contributed by atoms with van der Waals surface area (Å²) < 4.78 is 0.808. The number of nitrogens with zero attached hydrogens (tertiary/aromatic N) is 1. The quantitative estimate of drug-likeness (QED) is 0.909. The lowest BCUT2D eigenvalue weighted by atomic mass is 10.1. The molecule has 0 aliphatic carbocycles. The van der Waals surface area contributed by atoms with Gasteiger partial charge in [-0.3, -0.25) is 9.89 Å². The molecule has 0 bridgehead atoms. The molecule has 0 fully saturated rings. The number of hydrogen-bond donors (Lipinski definition) is 2. The predicted molar refractivity (Wildman–Crippen MR) is 78.2 cm³/mol. The van der Waals surface area contributed by atoms with Gasteiger partial charge in [0.1, 0.15) is 0 Å². The second kappa shape index (κ2) is 6.02. The number of carbonyl (C=O) groups is 1. The van der Waals surface area contributed by atoms with E-state index in [0.29, 0.717) is 12.1 Å². The molecule has 1 aromatic carbocycles. The highest BCUT2D eigenvalue weighted by Gasteiger charge is 2.10. The number of hydrogen-bond acceptors (Lipinski definition) is 2. The molecule has 0 saturated carbocycles. The molecular formula is C14H16BrN3O. The van der Waals surface area contributed by atoms with Crippen LogP contribution in [0, 0.1) is 13.8 Å². The highest BCUT2D eigenvalue weighted by molar-refractivity contribution is 9.10. The van der Waals surface area contributed by atoms with Crippen molar-refractivity contribution in [1.82, 2.24) is 15.5 Å². The molecule has 2 aromatic rings. The van der Waals surface area contributed by atoms with Gasteiger partial charge in [0, 0.05) is 16.7 Å². The standard InChI is InChI=1S/C14H16BrN3O/c1-9-11(10(2)18-17-9)7-8-16-14(19)12-5-3-4-6-13(12)15/h3-6H,7-8H2,1-2H3,(H,16,19)(H,17,18). The first-order valence-electron chi connectivity index (χ1n) is 6.12. The maximum atomic E-state index is 12.0. The fourth-order valence-electron chi connectivity index (χ4n) is 1.98. The zero-order valence-electron chi connectivity index (χ0n) is 11.0. The molecule has 0 spiro atoms. The summed E-state index contributed by atoms with van der Waals surface area (Å²) in [5, 5.41) is 10.0. The highest BCUT2D eigenvalue weighted by atomic mass is 79.9. The zero-order chi connectivity index (χ0) is 13.8. The average Bonchev–Trinajstić information content (AvgIpc) is 2.70. The van der Waals surface area contributed by atoms with Gasteiger partial charge in [-0.15, -0.1) is 0 Å². The molecule has 4 nitrogen and oxygen atoms in total. The Labute approximate surface area is 120 Å². The minimum absolute atomic E-state index is 0.0636. The van der Waals surface area contributed by atoms with Gasteiger partial charge in [0.2, 0.25) is 0 Å². The SMILES string of the molecule is Cc1n[nH]c(C)c1CCNC(=O)c1ccccc1Br. The van der Waals surface area contributed by atoms with Crippen LogP contribution in [0.1, 0.15) is 27.3 Å². The third-order valence-corrected chi connectivity index (χ3v) is 3.75. The van der Waals surface area contributed by atoms with Crippen molar-refractivity contribution in [3.63, 3.8) is 0 Å². The first kappa shape index (κ1) is 13.8. The largest absolute Gasteiger partial charge is 0.352 e. The van der Waals surface area contributed by atoms with E-state index in [2.05, 4.69) is 31.4 Å². The first-order chi connectivity index (χ1) is 9.09. The van der Waals surface area contributed by atoms with Gasteiger partial charge in [0.05, 0.1) is 11.3 Å². The van der Waals surface area contributed by atoms with Crippen LogP contribution in [0.15, 0.2) is 28.7 Å². The van der Waals surface area contributed by atoms with Gasteiger partial charge in [-0.05, 0) is 53.9 Å². The van der Waals surface area contributed by atoms with E-state index in [1.165, 1.54) is 5.56 Å². The lowest BCUT2D eigenvalue weighted by Gasteiger charge is -2.07. The van der Waals surface area contributed by atoms with Crippen LogP contribution in [-0.2, 0) is 6.42 Å². The number of H-pyrrole nitrogens is 1. The summed E-state index contributed by atoms with van der Waals surface area (Å²) in [6.45, 7) is 4.56. The average molecular weight is 322 g/mol. The van der Waals surface area contributed by atoms with E-state index in [1.807, 2.05) is 32.0 Å². The molecule has 5 heteroatoms. The Balaban J connectivity index is 1.93. The van der Waals surface area contributed by atoms with Gasteiger partial charge >= 0.3 is 0 Å². The van der Waals surface area contributed by atoms with Crippen molar-refractivity contribution in [3.05, 3.63) is 51.3 Å². The molecule has 2 rings (SSSR count). The fraction of sp³-hybridized carbons (Fsp3) is 0.286. The number of aryl methyl sites for hydroxylation is 2. The van der Waals surface area contributed by atoms with Gasteiger partial charge in [0.15, 0.2) is 0 Å². The van der Waals surface area contributed by atoms with Crippen LogP contribution in [0.3, 0.4) is 0 Å². The van der Waals surface area contributed by atoms with Gasteiger partial charge in [0.25, 0.3) is 5.91 Å².